The van der Waals surface area contributed by atoms with Gasteiger partial charge in [-0.3, -0.25) is 4.79 Å². The molecule has 0 fully saturated rings. The maximum Gasteiger partial charge on any atom is 1.00 e. The molecule has 0 aliphatic rings. The van der Waals surface area contributed by atoms with Gasteiger partial charge in [-0.25, -0.2) is 0 Å². The minimum atomic E-state index is -0.245. The molecule has 1 rings (SSSR count). The molecule has 0 aromatic heterocycles. The molecule has 0 radical (unpaired) electrons. The molecule has 1 aromatic rings. The van der Waals surface area contributed by atoms with Gasteiger partial charge in [-0.05, 0) is 17.1 Å². The van der Waals surface area contributed by atoms with Gasteiger partial charge in [-0.1, -0.05) is 45.0 Å². The minimum absolute atomic E-state index is 0. The normalized spacial score (nSPS) is 11.2. The molecule has 2 nitrogen and oxygen atoms in total. The van der Waals surface area contributed by atoms with E-state index in [2.05, 4.69) is 20.8 Å². The Balaban J connectivity index is 0.00000225. The number of ketones is 1. The average Bonchev–Trinajstić information content (AvgIpc) is 2.17. The second kappa shape index (κ2) is 6.24. The molecule has 16 heavy (non-hydrogen) atoms. The van der Waals surface area contributed by atoms with E-state index >= 15 is 0 Å². The van der Waals surface area contributed by atoms with Gasteiger partial charge >= 0.3 is 29.6 Å². The van der Waals surface area contributed by atoms with E-state index in [1.807, 2.05) is 12.1 Å². The standard InChI is InChI=1S/C13H16O2.Na/c1-13(2,3)11-6-4-10(5-7-11)12(15)8-9-14;/h4-9,14H,1-3H3;/q;+1/p-1. The van der Waals surface area contributed by atoms with E-state index in [1.165, 1.54) is 5.56 Å². The molecule has 3 heteroatoms. The molecule has 0 amide bonds. The zero-order chi connectivity index (χ0) is 11.5. The van der Waals surface area contributed by atoms with Gasteiger partial charge in [0.15, 0.2) is 5.78 Å². The molecule has 0 N–H and O–H groups in total. The average molecular weight is 226 g/mol. The van der Waals surface area contributed by atoms with Crippen LogP contribution in [0.1, 0.15) is 36.7 Å². The maximum atomic E-state index is 11.3. The fraction of sp³-hybridized carbons (Fsp3) is 0.308. The first-order valence-corrected chi connectivity index (χ1v) is 4.88. The van der Waals surface area contributed by atoms with Crippen molar-refractivity contribution in [1.82, 2.24) is 0 Å². The molecular formula is C13H15NaO2. The summed E-state index contributed by atoms with van der Waals surface area (Å²) >= 11 is 0. The van der Waals surface area contributed by atoms with Gasteiger partial charge in [-0.15, -0.1) is 6.26 Å². The van der Waals surface area contributed by atoms with E-state index < -0.39 is 0 Å². The predicted molar refractivity (Wildman–Crippen MR) is 58.6 cm³/mol. The van der Waals surface area contributed by atoms with Gasteiger partial charge in [0.2, 0.25) is 0 Å². The minimum Gasteiger partial charge on any atom is -0.878 e. The quantitative estimate of drug-likeness (QED) is 0.282. The largest absolute Gasteiger partial charge is 1.00 e. The summed E-state index contributed by atoms with van der Waals surface area (Å²) in [7, 11) is 0. The SMILES string of the molecule is CC(C)(C)c1ccc(C(=O)C=C[O-])cc1.[Na+]. The molecule has 0 saturated heterocycles. The van der Waals surface area contributed by atoms with Crippen LogP contribution in [0.25, 0.3) is 0 Å². The second-order valence-electron chi connectivity index (χ2n) is 4.49. The summed E-state index contributed by atoms with van der Waals surface area (Å²) in [6.45, 7) is 6.34. The summed E-state index contributed by atoms with van der Waals surface area (Å²) < 4.78 is 0. The molecular weight excluding hydrogens is 211 g/mol. The van der Waals surface area contributed by atoms with Crippen molar-refractivity contribution in [2.24, 2.45) is 0 Å². The first-order chi connectivity index (χ1) is 6.95. The van der Waals surface area contributed by atoms with Crippen LogP contribution in [0, 0.1) is 0 Å². The van der Waals surface area contributed by atoms with Crippen molar-refractivity contribution in [3.05, 3.63) is 47.7 Å². The first-order valence-electron chi connectivity index (χ1n) is 4.88. The van der Waals surface area contributed by atoms with Crippen LogP contribution in [0.3, 0.4) is 0 Å². The van der Waals surface area contributed by atoms with Crippen molar-refractivity contribution in [3.8, 4) is 0 Å². The van der Waals surface area contributed by atoms with Gasteiger partial charge in [0.1, 0.15) is 0 Å². The van der Waals surface area contributed by atoms with E-state index in [1.54, 1.807) is 12.1 Å². The van der Waals surface area contributed by atoms with Crippen LogP contribution >= 0.6 is 0 Å². The van der Waals surface area contributed by atoms with Crippen molar-refractivity contribution in [1.29, 1.82) is 0 Å². The number of hydrogen-bond acceptors (Lipinski definition) is 2. The number of carbonyl (C=O) groups excluding carboxylic acids is 1. The molecule has 0 atom stereocenters. The van der Waals surface area contributed by atoms with E-state index in [0.717, 1.165) is 6.08 Å². The second-order valence-corrected chi connectivity index (χ2v) is 4.49. The molecule has 0 saturated carbocycles. The molecule has 0 heterocycles. The van der Waals surface area contributed by atoms with Crippen molar-refractivity contribution in [3.63, 3.8) is 0 Å². The summed E-state index contributed by atoms with van der Waals surface area (Å²) in [6.07, 6.45) is 1.55. The molecule has 0 spiro atoms. The smallest absolute Gasteiger partial charge is 0.878 e. The van der Waals surface area contributed by atoms with Crippen molar-refractivity contribution in [2.45, 2.75) is 26.2 Å². The Morgan fingerprint density at radius 3 is 2.06 bits per heavy atom. The number of allylic oxidation sites excluding steroid dienone is 1. The van der Waals surface area contributed by atoms with E-state index in [4.69, 9.17) is 0 Å². The fourth-order valence-corrected chi connectivity index (χ4v) is 1.29. The Labute approximate surface area is 119 Å². The Morgan fingerprint density at radius 2 is 1.69 bits per heavy atom. The third kappa shape index (κ3) is 4.12. The van der Waals surface area contributed by atoms with Crippen LogP contribution in [-0.2, 0) is 5.41 Å². The van der Waals surface area contributed by atoms with Crippen LogP contribution in [-0.4, -0.2) is 5.78 Å². The Kier molecular flexibility index (Phi) is 6.01. The predicted octanol–water partition coefficient (Wildman–Crippen LogP) is -0.955. The summed E-state index contributed by atoms with van der Waals surface area (Å²) in [5.41, 5.74) is 1.80. The summed E-state index contributed by atoms with van der Waals surface area (Å²) in [4.78, 5) is 11.3. The van der Waals surface area contributed by atoms with Crippen LogP contribution in [0.4, 0.5) is 0 Å². The van der Waals surface area contributed by atoms with E-state index in [9.17, 15) is 9.90 Å². The topological polar surface area (TPSA) is 40.1 Å². The summed E-state index contributed by atoms with van der Waals surface area (Å²) in [5, 5.41) is 10.1. The monoisotopic (exact) mass is 226 g/mol. The van der Waals surface area contributed by atoms with Crippen molar-refractivity contribution >= 4 is 5.78 Å². The third-order valence-corrected chi connectivity index (χ3v) is 2.25. The summed E-state index contributed by atoms with van der Waals surface area (Å²) in [6, 6.07) is 7.35. The number of hydrogen-bond donors (Lipinski definition) is 0. The van der Waals surface area contributed by atoms with Crippen LogP contribution in [0.15, 0.2) is 36.6 Å². The number of rotatable bonds is 2. The number of benzene rings is 1. The van der Waals surface area contributed by atoms with E-state index in [-0.39, 0.29) is 40.8 Å². The fourth-order valence-electron chi connectivity index (χ4n) is 1.29. The number of carbonyl (C=O) groups is 1. The molecule has 0 unspecified atom stereocenters. The van der Waals surface area contributed by atoms with Crippen molar-refractivity contribution < 1.29 is 39.5 Å². The molecule has 0 aliphatic carbocycles. The van der Waals surface area contributed by atoms with Gasteiger partial charge < -0.3 is 5.11 Å². The molecule has 0 bridgehead atoms. The Hall–Kier alpha value is -0.570. The maximum absolute atomic E-state index is 11.3. The third-order valence-electron chi connectivity index (χ3n) is 2.25. The molecule has 1 aromatic carbocycles. The van der Waals surface area contributed by atoms with Gasteiger partial charge in [-0.2, -0.15) is 0 Å². The molecule has 0 aliphatic heterocycles. The Bertz CT molecular complexity index is 372. The molecule has 80 valence electrons. The van der Waals surface area contributed by atoms with Gasteiger partial charge in [0.05, 0.1) is 0 Å². The first kappa shape index (κ1) is 15.4. The Morgan fingerprint density at radius 1 is 1.19 bits per heavy atom. The van der Waals surface area contributed by atoms with Crippen molar-refractivity contribution in [2.75, 3.05) is 0 Å². The van der Waals surface area contributed by atoms with Gasteiger partial charge in [0.25, 0.3) is 0 Å². The van der Waals surface area contributed by atoms with Crippen LogP contribution in [0.2, 0.25) is 0 Å². The van der Waals surface area contributed by atoms with Gasteiger partial charge in [0, 0.05) is 5.56 Å². The zero-order valence-corrected chi connectivity index (χ0v) is 12.3. The van der Waals surface area contributed by atoms with Crippen LogP contribution in [0.5, 0.6) is 0 Å². The van der Waals surface area contributed by atoms with E-state index in [0.29, 0.717) is 11.8 Å². The van der Waals surface area contributed by atoms with Crippen LogP contribution < -0.4 is 34.7 Å². The zero-order valence-electron chi connectivity index (χ0n) is 10.3. The summed E-state index contributed by atoms with van der Waals surface area (Å²) in [5.74, 6) is -0.245.